The summed E-state index contributed by atoms with van der Waals surface area (Å²) < 4.78 is 17.6. The average molecular weight is 366 g/mol. The first-order chi connectivity index (χ1) is 13.0. The summed E-state index contributed by atoms with van der Waals surface area (Å²) in [6, 6.07) is 10.4. The Balaban J connectivity index is 2.26. The molecule has 27 heavy (non-hydrogen) atoms. The van der Waals surface area contributed by atoms with E-state index in [1.54, 1.807) is 48.1 Å². The number of esters is 1. The summed E-state index contributed by atoms with van der Waals surface area (Å²) in [5.74, 6) is -0.486. The van der Waals surface area contributed by atoms with Crippen molar-refractivity contribution < 1.29 is 24.1 Å². The van der Waals surface area contributed by atoms with Crippen LogP contribution in [0.25, 0.3) is 5.88 Å². The number of carbonyl (C=O) groups excluding carboxylic acids is 1. The number of benzene rings is 1. The van der Waals surface area contributed by atoms with E-state index >= 15 is 0 Å². The molecule has 138 valence electrons. The third-order valence-corrected chi connectivity index (χ3v) is 4.34. The Labute approximate surface area is 156 Å². The number of phenols is 1. The van der Waals surface area contributed by atoms with Crippen molar-refractivity contribution in [3.8, 4) is 17.6 Å². The smallest absolute Gasteiger partial charge is 0.338 e. The van der Waals surface area contributed by atoms with Crippen LogP contribution in [0.15, 0.2) is 59.6 Å². The zero-order chi connectivity index (χ0) is 19.6. The van der Waals surface area contributed by atoms with E-state index < -0.39 is 11.9 Å². The fourth-order valence-corrected chi connectivity index (χ4v) is 3.08. The van der Waals surface area contributed by atoms with Gasteiger partial charge in [-0.05, 0) is 36.8 Å². The van der Waals surface area contributed by atoms with Gasteiger partial charge in [0.25, 0.3) is 0 Å². The predicted molar refractivity (Wildman–Crippen MR) is 96.5 cm³/mol. The molecule has 0 unspecified atom stereocenters. The molecule has 1 aromatic carbocycles. The normalized spacial score (nSPS) is 16.6. The molecule has 0 bridgehead atoms. The lowest BCUT2D eigenvalue weighted by Gasteiger charge is -2.28. The van der Waals surface area contributed by atoms with Gasteiger partial charge in [0, 0.05) is 12.4 Å². The molecule has 1 aliphatic rings. The highest BCUT2D eigenvalue weighted by Crippen LogP contribution is 2.43. The van der Waals surface area contributed by atoms with Crippen molar-refractivity contribution in [3.63, 3.8) is 0 Å². The Morgan fingerprint density at radius 2 is 2.00 bits per heavy atom. The molecule has 0 spiro atoms. The number of carbonyl (C=O) groups is 1. The third-order valence-electron chi connectivity index (χ3n) is 4.34. The highest BCUT2D eigenvalue weighted by Gasteiger charge is 2.37. The molecule has 7 heteroatoms. The number of nitrogens with zero attached hydrogens (tertiary/aromatic N) is 2. The number of rotatable bonds is 4. The molecule has 3 rings (SSSR count). The number of methoxy groups -OCH3 is 2. The monoisotopic (exact) mass is 366 g/mol. The van der Waals surface area contributed by atoms with E-state index in [2.05, 4.69) is 6.07 Å². The van der Waals surface area contributed by atoms with E-state index in [0.717, 1.165) is 0 Å². The van der Waals surface area contributed by atoms with Gasteiger partial charge in [0.05, 0.1) is 25.7 Å². The predicted octanol–water partition coefficient (Wildman–Crippen LogP) is 3.16. The second kappa shape index (κ2) is 7.30. The maximum Gasteiger partial charge on any atom is 0.338 e. The van der Waals surface area contributed by atoms with Gasteiger partial charge in [-0.2, -0.15) is 5.26 Å². The molecule has 0 saturated heterocycles. The first kappa shape index (κ1) is 18.1. The minimum Gasteiger partial charge on any atom is -0.504 e. The van der Waals surface area contributed by atoms with E-state index in [0.29, 0.717) is 17.2 Å². The largest absolute Gasteiger partial charge is 0.504 e. The minimum absolute atomic E-state index is 0.0400. The molecular weight excluding hydrogens is 348 g/mol. The van der Waals surface area contributed by atoms with Crippen molar-refractivity contribution in [2.75, 3.05) is 14.2 Å². The lowest BCUT2D eigenvalue weighted by molar-refractivity contribution is -0.136. The van der Waals surface area contributed by atoms with Crippen LogP contribution in [0.1, 0.15) is 18.4 Å². The molecular formula is C20H18N2O5. The lowest BCUT2D eigenvalue weighted by atomic mass is 9.83. The Kier molecular flexibility index (Phi) is 4.90. The number of nitriles is 1. The fraction of sp³-hybridized carbons (Fsp3) is 0.200. The first-order valence-electron chi connectivity index (χ1n) is 8.13. The maximum atomic E-state index is 12.5. The van der Waals surface area contributed by atoms with Gasteiger partial charge in [0.1, 0.15) is 17.4 Å². The van der Waals surface area contributed by atoms with E-state index in [4.69, 9.17) is 14.2 Å². The van der Waals surface area contributed by atoms with Crippen molar-refractivity contribution >= 4 is 11.9 Å². The summed E-state index contributed by atoms with van der Waals surface area (Å²) in [7, 11) is 2.70. The van der Waals surface area contributed by atoms with Gasteiger partial charge >= 0.3 is 5.97 Å². The van der Waals surface area contributed by atoms with Gasteiger partial charge in [0.15, 0.2) is 11.5 Å². The topological polar surface area (TPSA) is 93.7 Å². The van der Waals surface area contributed by atoms with E-state index in [9.17, 15) is 15.2 Å². The average Bonchev–Trinajstić information content (AvgIpc) is 3.21. The molecule has 1 aromatic heterocycles. The van der Waals surface area contributed by atoms with Crippen LogP contribution in [0.2, 0.25) is 0 Å². The van der Waals surface area contributed by atoms with E-state index in [1.807, 2.05) is 0 Å². The van der Waals surface area contributed by atoms with Crippen molar-refractivity contribution in [3.05, 3.63) is 65.2 Å². The quantitative estimate of drug-likeness (QED) is 0.836. The highest BCUT2D eigenvalue weighted by atomic mass is 16.5. The molecule has 0 amide bonds. The fourth-order valence-electron chi connectivity index (χ4n) is 3.08. The molecule has 0 aliphatic carbocycles. The van der Waals surface area contributed by atoms with Gasteiger partial charge in [-0.3, -0.25) is 4.57 Å². The summed E-state index contributed by atoms with van der Waals surface area (Å²) in [4.78, 5) is 12.5. The molecule has 1 atom stereocenters. The number of hydrogen-bond acceptors (Lipinski definition) is 6. The highest BCUT2D eigenvalue weighted by molar-refractivity contribution is 5.93. The van der Waals surface area contributed by atoms with E-state index in [1.165, 1.54) is 20.3 Å². The standard InChI is InChI=1S/C20H18N2O5/c1-12-17(20(24)26-3)18(13-6-7-15(23)16(10-13)25-2)14(11-21)19(27-12)22-8-4-5-9-22/h4-10,18,23H,1-3H3/t18-/m0/s1. The van der Waals surface area contributed by atoms with E-state index in [-0.39, 0.29) is 22.6 Å². The maximum absolute atomic E-state index is 12.5. The van der Waals surface area contributed by atoms with Crippen LogP contribution in [0.3, 0.4) is 0 Å². The summed E-state index contributed by atoms with van der Waals surface area (Å²) >= 11 is 0. The van der Waals surface area contributed by atoms with Crippen LogP contribution >= 0.6 is 0 Å². The van der Waals surface area contributed by atoms with Crippen LogP contribution in [-0.2, 0) is 14.3 Å². The summed E-state index contributed by atoms with van der Waals surface area (Å²) in [5, 5.41) is 19.8. The number of ether oxygens (including phenoxy) is 3. The molecule has 7 nitrogen and oxygen atoms in total. The van der Waals surface area contributed by atoms with Crippen LogP contribution in [-0.4, -0.2) is 29.9 Å². The molecule has 1 N–H and O–H groups in total. The number of phenolic OH excluding ortho intramolecular Hbond substituents is 1. The summed E-state index contributed by atoms with van der Waals surface area (Å²) in [6.45, 7) is 1.65. The second-order valence-electron chi connectivity index (χ2n) is 5.85. The van der Waals surface area contributed by atoms with Crippen molar-refractivity contribution in [2.45, 2.75) is 12.8 Å². The number of hydrogen-bond donors (Lipinski definition) is 1. The Bertz CT molecular complexity index is 980. The SMILES string of the molecule is COC(=O)C1=C(C)OC(n2cccc2)=C(C#N)[C@@H]1c1ccc(O)c(OC)c1. The lowest BCUT2D eigenvalue weighted by Crippen LogP contribution is -2.23. The molecule has 2 aromatic rings. The van der Waals surface area contributed by atoms with Gasteiger partial charge in [-0.15, -0.1) is 0 Å². The van der Waals surface area contributed by atoms with Crippen molar-refractivity contribution in [1.82, 2.24) is 4.57 Å². The Morgan fingerprint density at radius 1 is 1.30 bits per heavy atom. The summed E-state index contributed by atoms with van der Waals surface area (Å²) in [5.41, 5.74) is 1.05. The summed E-state index contributed by atoms with van der Waals surface area (Å²) in [6.07, 6.45) is 3.50. The number of aromatic nitrogens is 1. The van der Waals surface area contributed by atoms with Crippen LogP contribution in [0, 0.1) is 11.3 Å². The zero-order valence-corrected chi connectivity index (χ0v) is 15.1. The van der Waals surface area contributed by atoms with Gasteiger partial charge in [-0.1, -0.05) is 6.07 Å². The minimum atomic E-state index is -0.733. The Hall–Kier alpha value is -3.66. The van der Waals surface area contributed by atoms with Crippen molar-refractivity contribution in [1.29, 1.82) is 5.26 Å². The second-order valence-corrected chi connectivity index (χ2v) is 5.85. The van der Waals surface area contributed by atoms with Gasteiger partial charge in [-0.25, -0.2) is 4.79 Å². The van der Waals surface area contributed by atoms with Crippen LogP contribution in [0.4, 0.5) is 0 Å². The van der Waals surface area contributed by atoms with Crippen LogP contribution in [0.5, 0.6) is 11.5 Å². The molecule has 0 fully saturated rings. The third kappa shape index (κ3) is 3.13. The Morgan fingerprint density at radius 3 is 2.59 bits per heavy atom. The van der Waals surface area contributed by atoms with Gasteiger partial charge in [0.2, 0.25) is 5.88 Å². The zero-order valence-electron chi connectivity index (χ0n) is 15.1. The van der Waals surface area contributed by atoms with Crippen molar-refractivity contribution in [2.24, 2.45) is 0 Å². The first-order valence-corrected chi connectivity index (χ1v) is 8.13. The molecule has 0 saturated carbocycles. The van der Waals surface area contributed by atoms with Crippen LogP contribution < -0.4 is 4.74 Å². The van der Waals surface area contributed by atoms with Gasteiger partial charge < -0.3 is 19.3 Å². The number of aromatic hydroxyl groups is 1. The molecule has 0 radical (unpaired) electrons. The molecule has 2 heterocycles. The number of allylic oxidation sites excluding steroid dienone is 2. The molecule has 1 aliphatic heterocycles.